The van der Waals surface area contributed by atoms with Crippen LogP contribution < -0.4 is 4.74 Å². The Hall–Kier alpha value is -1.94. The molecule has 1 N–H and O–H groups in total. The van der Waals surface area contributed by atoms with Crippen LogP contribution >= 0.6 is 0 Å². The van der Waals surface area contributed by atoms with Crippen LogP contribution in [0.4, 0.5) is 8.78 Å². The summed E-state index contributed by atoms with van der Waals surface area (Å²) >= 11 is 0. The summed E-state index contributed by atoms with van der Waals surface area (Å²) in [4.78, 5) is 0. The summed E-state index contributed by atoms with van der Waals surface area (Å²) < 4.78 is 34.4. The number of methoxy groups -OCH3 is 1. The molecule has 2 nitrogen and oxygen atoms in total. The van der Waals surface area contributed by atoms with E-state index < -0.39 is 17.4 Å². The molecule has 0 aliphatic carbocycles. The van der Waals surface area contributed by atoms with Gasteiger partial charge in [0.1, 0.15) is 17.7 Å². The fraction of sp³-hybridized carbons (Fsp3) is 0.368. The SMILES string of the molecule is COc1ccc(F)c(-c2ccc(CO)cc2[C@H](F)C(C)(C)C)c1. The van der Waals surface area contributed by atoms with E-state index >= 15 is 0 Å². The Morgan fingerprint density at radius 1 is 1.09 bits per heavy atom. The van der Waals surface area contributed by atoms with E-state index in [4.69, 9.17) is 4.74 Å². The third-order valence-corrected chi connectivity index (χ3v) is 3.80. The van der Waals surface area contributed by atoms with E-state index in [1.54, 1.807) is 45.0 Å². The summed E-state index contributed by atoms with van der Waals surface area (Å²) in [6, 6.07) is 9.32. The second-order valence-corrected chi connectivity index (χ2v) is 6.65. The van der Waals surface area contributed by atoms with Crippen molar-refractivity contribution in [3.05, 3.63) is 53.3 Å². The molecule has 0 bridgehead atoms. The largest absolute Gasteiger partial charge is 0.497 e. The van der Waals surface area contributed by atoms with Crippen LogP contribution in [0.2, 0.25) is 0 Å². The predicted octanol–water partition coefficient (Wildman–Crippen LogP) is 5.05. The van der Waals surface area contributed by atoms with E-state index in [-0.39, 0.29) is 12.2 Å². The number of hydrogen-bond donors (Lipinski definition) is 1. The highest BCUT2D eigenvalue weighted by Crippen LogP contribution is 2.42. The van der Waals surface area contributed by atoms with Gasteiger partial charge in [0.05, 0.1) is 13.7 Å². The van der Waals surface area contributed by atoms with Crippen molar-refractivity contribution in [2.45, 2.75) is 33.5 Å². The molecule has 124 valence electrons. The Morgan fingerprint density at radius 2 is 1.78 bits per heavy atom. The maximum Gasteiger partial charge on any atom is 0.131 e. The lowest BCUT2D eigenvalue weighted by Crippen LogP contribution is -2.15. The molecule has 0 radical (unpaired) electrons. The summed E-state index contributed by atoms with van der Waals surface area (Å²) in [6.07, 6.45) is -1.30. The molecule has 0 heterocycles. The van der Waals surface area contributed by atoms with Crippen LogP contribution in [0.1, 0.15) is 38.1 Å². The summed E-state index contributed by atoms with van der Waals surface area (Å²) in [7, 11) is 1.50. The molecule has 0 fully saturated rings. The minimum atomic E-state index is -1.30. The first-order valence-corrected chi connectivity index (χ1v) is 7.49. The Labute approximate surface area is 135 Å². The molecule has 0 unspecified atom stereocenters. The van der Waals surface area contributed by atoms with Crippen molar-refractivity contribution in [1.82, 2.24) is 0 Å². The molecular weight excluding hydrogens is 298 g/mol. The zero-order valence-corrected chi connectivity index (χ0v) is 13.9. The molecule has 0 amide bonds. The average molecular weight is 320 g/mol. The first-order valence-electron chi connectivity index (χ1n) is 7.49. The van der Waals surface area contributed by atoms with E-state index in [2.05, 4.69) is 0 Å². The summed E-state index contributed by atoms with van der Waals surface area (Å²) in [5.74, 6) is 0.0645. The second kappa shape index (κ2) is 6.67. The minimum Gasteiger partial charge on any atom is -0.497 e. The highest BCUT2D eigenvalue weighted by atomic mass is 19.1. The quantitative estimate of drug-likeness (QED) is 0.854. The first kappa shape index (κ1) is 17.4. The van der Waals surface area contributed by atoms with Crippen LogP contribution in [0, 0.1) is 11.2 Å². The van der Waals surface area contributed by atoms with Crippen molar-refractivity contribution in [3.63, 3.8) is 0 Å². The number of ether oxygens (including phenoxy) is 1. The van der Waals surface area contributed by atoms with Crippen LogP contribution in [0.15, 0.2) is 36.4 Å². The van der Waals surface area contributed by atoms with Crippen LogP contribution in [-0.4, -0.2) is 12.2 Å². The standard InChI is InChI=1S/C19H22F2O2/c1-19(2,3)18(21)16-9-12(11-22)5-7-14(16)15-10-13(23-4)6-8-17(15)20/h5-10,18,22H,11H2,1-4H3/t18-/m0/s1. The molecule has 1 atom stereocenters. The van der Waals surface area contributed by atoms with Gasteiger partial charge < -0.3 is 9.84 Å². The average Bonchev–Trinajstić information content (AvgIpc) is 2.53. The lowest BCUT2D eigenvalue weighted by atomic mass is 9.82. The Kier molecular flexibility index (Phi) is 5.05. The van der Waals surface area contributed by atoms with Crippen LogP contribution in [0.25, 0.3) is 11.1 Å². The molecule has 0 spiro atoms. The van der Waals surface area contributed by atoms with Crippen molar-refractivity contribution >= 4 is 0 Å². The molecule has 0 aliphatic rings. The number of halogens is 2. The topological polar surface area (TPSA) is 29.5 Å². The van der Waals surface area contributed by atoms with Crippen LogP contribution in [0.5, 0.6) is 5.75 Å². The van der Waals surface area contributed by atoms with Gasteiger partial charge in [0, 0.05) is 5.56 Å². The minimum absolute atomic E-state index is 0.190. The van der Waals surface area contributed by atoms with Crippen LogP contribution in [0.3, 0.4) is 0 Å². The molecule has 4 heteroatoms. The second-order valence-electron chi connectivity index (χ2n) is 6.65. The van der Waals surface area contributed by atoms with Crippen molar-refractivity contribution in [1.29, 1.82) is 0 Å². The van der Waals surface area contributed by atoms with Crippen molar-refractivity contribution in [2.75, 3.05) is 7.11 Å². The molecule has 2 aromatic rings. The normalized spacial score (nSPS) is 13.0. The number of aliphatic hydroxyl groups is 1. The zero-order valence-electron chi connectivity index (χ0n) is 13.9. The number of hydrogen-bond acceptors (Lipinski definition) is 2. The van der Waals surface area contributed by atoms with Gasteiger partial charge in [-0.25, -0.2) is 8.78 Å². The summed E-state index contributed by atoms with van der Waals surface area (Å²) in [5, 5.41) is 9.33. The highest BCUT2D eigenvalue weighted by molar-refractivity contribution is 5.70. The maximum atomic E-state index is 15.0. The van der Waals surface area contributed by atoms with Crippen LogP contribution in [-0.2, 0) is 6.61 Å². The number of rotatable bonds is 4. The number of alkyl halides is 1. The summed E-state index contributed by atoms with van der Waals surface area (Å²) in [6.45, 7) is 5.17. The van der Waals surface area contributed by atoms with Gasteiger partial charge in [-0.05, 0) is 46.4 Å². The van der Waals surface area contributed by atoms with E-state index in [9.17, 15) is 13.9 Å². The molecule has 0 aliphatic heterocycles. The first-order chi connectivity index (χ1) is 10.8. The molecule has 0 aromatic heterocycles. The molecule has 0 saturated heterocycles. The molecule has 2 rings (SSSR count). The van der Waals surface area contributed by atoms with E-state index in [0.717, 1.165) is 0 Å². The third-order valence-electron chi connectivity index (χ3n) is 3.80. The maximum absolute atomic E-state index is 15.0. The lowest BCUT2D eigenvalue weighted by Gasteiger charge is -2.26. The van der Waals surface area contributed by atoms with Gasteiger partial charge in [0.2, 0.25) is 0 Å². The monoisotopic (exact) mass is 320 g/mol. The van der Waals surface area contributed by atoms with Crippen molar-refractivity contribution in [3.8, 4) is 16.9 Å². The number of benzene rings is 2. The van der Waals surface area contributed by atoms with Gasteiger partial charge in [-0.2, -0.15) is 0 Å². The highest BCUT2D eigenvalue weighted by Gasteiger charge is 2.29. The van der Waals surface area contributed by atoms with Gasteiger partial charge in [0.15, 0.2) is 0 Å². The fourth-order valence-electron chi connectivity index (χ4n) is 2.47. The zero-order chi connectivity index (χ0) is 17.2. The van der Waals surface area contributed by atoms with Gasteiger partial charge in [-0.15, -0.1) is 0 Å². The van der Waals surface area contributed by atoms with E-state index in [0.29, 0.717) is 22.4 Å². The van der Waals surface area contributed by atoms with Crippen molar-refractivity contribution in [2.24, 2.45) is 5.41 Å². The molecule has 23 heavy (non-hydrogen) atoms. The van der Waals surface area contributed by atoms with Gasteiger partial charge >= 0.3 is 0 Å². The number of aliphatic hydroxyl groups excluding tert-OH is 1. The smallest absolute Gasteiger partial charge is 0.131 e. The van der Waals surface area contributed by atoms with Gasteiger partial charge in [-0.3, -0.25) is 0 Å². The lowest BCUT2D eigenvalue weighted by molar-refractivity contribution is 0.165. The van der Waals surface area contributed by atoms with E-state index in [1.807, 2.05) is 0 Å². The Bertz CT molecular complexity index is 690. The Balaban J connectivity index is 2.67. The summed E-state index contributed by atoms with van der Waals surface area (Å²) in [5.41, 5.74) is 1.09. The fourth-order valence-corrected chi connectivity index (χ4v) is 2.47. The van der Waals surface area contributed by atoms with E-state index in [1.165, 1.54) is 19.2 Å². The Morgan fingerprint density at radius 3 is 2.35 bits per heavy atom. The molecular formula is C19H22F2O2. The molecule has 2 aromatic carbocycles. The molecule has 0 saturated carbocycles. The third kappa shape index (κ3) is 3.70. The van der Waals surface area contributed by atoms with Gasteiger partial charge in [-0.1, -0.05) is 32.9 Å². The predicted molar refractivity (Wildman–Crippen MR) is 87.6 cm³/mol. The van der Waals surface area contributed by atoms with Crippen molar-refractivity contribution < 1.29 is 18.6 Å². The van der Waals surface area contributed by atoms with Gasteiger partial charge in [0.25, 0.3) is 0 Å².